The Hall–Kier alpha value is -4.38. The van der Waals surface area contributed by atoms with Gasteiger partial charge in [-0.15, -0.1) is 0 Å². The van der Waals surface area contributed by atoms with E-state index in [9.17, 15) is 4.79 Å². The third kappa shape index (κ3) is 4.08. The number of hydrogen-bond acceptors (Lipinski definition) is 4. The van der Waals surface area contributed by atoms with Gasteiger partial charge in [0.15, 0.2) is 0 Å². The van der Waals surface area contributed by atoms with E-state index in [4.69, 9.17) is 9.15 Å². The highest BCUT2D eigenvalue weighted by Gasteiger charge is 2.15. The molecule has 0 aliphatic rings. The molecule has 5 heteroatoms. The Kier molecular flexibility index (Phi) is 5.37. The number of rotatable bonds is 5. The van der Waals surface area contributed by atoms with Gasteiger partial charge in [0.1, 0.15) is 11.3 Å². The summed E-state index contributed by atoms with van der Waals surface area (Å²) in [6, 6.07) is 22.1. The molecule has 0 bridgehead atoms. The maximum atomic E-state index is 12.5. The van der Waals surface area contributed by atoms with Crippen molar-refractivity contribution in [3.05, 3.63) is 97.0 Å². The minimum Gasteiger partial charge on any atom is -0.496 e. The van der Waals surface area contributed by atoms with E-state index in [0.29, 0.717) is 11.4 Å². The van der Waals surface area contributed by atoms with Gasteiger partial charge in [0.25, 0.3) is 0 Å². The van der Waals surface area contributed by atoms with E-state index in [2.05, 4.69) is 40.6 Å². The first-order valence-electron chi connectivity index (χ1n) is 10.6. The number of carbonyl (C=O) groups is 1. The molecule has 33 heavy (non-hydrogen) atoms. The summed E-state index contributed by atoms with van der Waals surface area (Å²) in [6.45, 7) is 1.89. The molecule has 2 heterocycles. The number of amides is 1. The molecule has 5 nitrogen and oxygen atoms in total. The molecule has 0 fully saturated rings. The van der Waals surface area contributed by atoms with Crippen LogP contribution in [0.5, 0.6) is 5.75 Å². The fraction of sp³-hybridized carbons (Fsp3) is 0.0714. The third-order valence-electron chi connectivity index (χ3n) is 5.66. The average molecular weight is 434 g/mol. The lowest BCUT2D eigenvalue weighted by atomic mass is 9.97. The SMILES string of the molecule is COc1cc2occ(-c3ccc4ccccc4c3)c2cc1/C(C)=C/C(=O)Nc1cccnc1. The van der Waals surface area contributed by atoms with Gasteiger partial charge in [-0.3, -0.25) is 9.78 Å². The molecule has 5 rings (SSSR count). The average Bonchev–Trinajstić information content (AvgIpc) is 3.26. The van der Waals surface area contributed by atoms with Gasteiger partial charge in [-0.05, 0) is 53.1 Å². The van der Waals surface area contributed by atoms with E-state index in [-0.39, 0.29) is 5.91 Å². The van der Waals surface area contributed by atoms with Gasteiger partial charge in [0, 0.05) is 34.9 Å². The first-order valence-corrected chi connectivity index (χ1v) is 10.6. The predicted molar refractivity (Wildman–Crippen MR) is 132 cm³/mol. The Bertz CT molecular complexity index is 1500. The van der Waals surface area contributed by atoms with Crippen molar-refractivity contribution < 1.29 is 13.9 Å². The maximum Gasteiger partial charge on any atom is 0.248 e. The summed E-state index contributed by atoms with van der Waals surface area (Å²) in [4.78, 5) is 16.6. The van der Waals surface area contributed by atoms with Crippen LogP contribution in [0.25, 0.3) is 38.4 Å². The van der Waals surface area contributed by atoms with Crippen LogP contribution in [0.4, 0.5) is 5.69 Å². The lowest BCUT2D eigenvalue weighted by Gasteiger charge is -2.10. The van der Waals surface area contributed by atoms with Crippen molar-refractivity contribution >= 4 is 38.9 Å². The molecule has 0 radical (unpaired) electrons. The van der Waals surface area contributed by atoms with Crippen molar-refractivity contribution in [3.63, 3.8) is 0 Å². The first kappa shape index (κ1) is 20.5. The second kappa shape index (κ2) is 8.63. The Morgan fingerprint density at radius 2 is 1.88 bits per heavy atom. The van der Waals surface area contributed by atoms with E-state index < -0.39 is 0 Å². The van der Waals surface area contributed by atoms with E-state index in [0.717, 1.165) is 33.2 Å². The summed E-state index contributed by atoms with van der Waals surface area (Å²) in [7, 11) is 1.61. The molecule has 3 aromatic carbocycles. The van der Waals surface area contributed by atoms with Gasteiger partial charge >= 0.3 is 0 Å². The molecule has 1 N–H and O–H groups in total. The van der Waals surface area contributed by atoms with E-state index >= 15 is 0 Å². The minimum atomic E-state index is -0.232. The second-order valence-electron chi connectivity index (χ2n) is 7.82. The quantitative estimate of drug-likeness (QED) is 0.313. The van der Waals surface area contributed by atoms with Crippen molar-refractivity contribution in [2.24, 2.45) is 0 Å². The molecule has 5 aromatic rings. The number of pyridine rings is 1. The lowest BCUT2D eigenvalue weighted by molar-refractivity contribution is -0.111. The van der Waals surface area contributed by atoms with Crippen molar-refractivity contribution in [2.75, 3.05) is 12.4 Å². The van der Waals surface area contributed by atoms with Crippen LogP contribution in [0.1, 0.15) is 12.5 Å². The second-order valence-corrected chi connectivity index (χ2v) is 7.82. The van der Waals surface area contributed by atoms with Crippen LogP contribution in [-0.4, -0.2) is 18.0 Å². The number of nitrogens with zero attached hydrogens (tertiary/aromatic N) is 1. The molecule has 162 valence electrons. The third-order valence-corrected chi connectivity index (χ3v) is 5.66. The van der Waals surface area contributed by atoms with Crippen LogP contribution >= 0.6 is 0 Å². The van der Waals surface area contributed by atoms with Crippen LogP contribution in [0.15, 0.2) is 95.9 Å². The van der Waals surface area contributed by atoms with Crippen molar-refractivity contribution in [3.8, 4) is 16.9 Å². The van der Waals surface area contributed by atoms with Gasteiger partial charge < -0.3 is 14.5 Å². The fourth-order valence-corrected chi connectivity index (χ4v) is 4.00. The Morgan fingerprint density at radius 3 is 2.67 bits per heavy atom. The molecular weight excluding hydrogens is 412 g/mol. The van der Waals surface area contributed by atoms with Gasteiger partial charge in [-0.2, -0.15) is 0 Å². The number of allylic oxidation sites excluding steroid dienone is 1. The monoisotopic (exact) mass is 434 g/mol. The number of methoxy groups -OCH3 is 1. The van der Waals surface area contributed by atoms with Gasteiger partial charge in [-0.25, -0.2) is 0 Å². The highest BCUT2D eigenvalue weighted by molar-refractivity contribution is 6.05. The summed E-state index contributed by atoms with van der Waals surface area (Å²) in [5.74, 6) is 0.412. The molecule has 0 spiro atoms. The van der Waals surface area contributed by atoms with Crippen molar-refractivity contribution in [1.82, 2.24) is 4.98 Å². The van der Waals surface area contributed by atoms with Gasteiger partial charge in [0.2, 0.25) is 5.91 Å². The van der Waals surface area contributed by atoms with Gasteiger partial charge in [-0.1, -0.05) is 36.4 Å². The zero-order valence-electron chi connectivity index (χ0n) is 18.3. The summed E-state index contributed by atoms with van der Waals surface area (Å²) in [6.07, 6.45) is 6.60. The smallest absolute Gasteiger partial charge is 0.248 e. The molecule has 0 saturated heterocycles. The number of ether oxygens (including phenoxy) is 1. The normalized spacial score (nSPS) is 11.6. The number of furan rings is 1. The molecular formula is C28H22N2O3. The van der Waals surface area contributed by atoms with Crippen LogP contribution in [0, 0.1) is 0 Å². The summed E-state index contributed by atoms with van der Waals surface area (Å²) in [5, 5.41) is 6.15. The number of fused-ring (bicyclic) bond motifs is 2. The minimum absolute atomic E-state index is 0.232. The highest BCUT2D eigenvalue weighted by atomic mass is 16.5. The Labute approximate surface area is 191 Å². The zero-order valence-corrected chi connectivity index (χ0v) is 18.3. The van der Waals surface area contributed by atoms with Crippen LogP contribution < -0.4 is 10.1 Å². The van der Waals surface area contributed by atoms with Crippen molar-refractivity contribution in [1.29, 1.82) is 0 Å². The van der Waals surface area contributed by atoms with E-state index in [1.165, 1.54) is 10.8 Å². The topological polar surface area (TPSA) is 64.4 Å². The fourth-order valence-electron chi connectivity index (χ4n) is 4.00. The number of benzene rings is 3. The summed E-state index contributed by atoms with van der Waals surface area (Å²) < 4.78 is 11.5. The Balaban J connectivity index is 1.55. The van der Waals surface area contributed by atoms with Crippen LogP contribution in [0.3, 0.4) is 0 Å². The Morgan fingerprint density at radius 1 is 1.03 bits per heavy atom. The largest absolute Gasteiger partial charge is 0.496 e. The number of anilines is 1. The van der Waals surface area contributed by atoms with Crippen molar-refractivity contribution in [2.45, 2.75) is 6.92 Å². The molecule has 0 aliphatic heterocycles. The highest BCUT2D eigenvalue weighted by Crippen LogP contribution is 2.38. The zero-order chi connectivity index (χ0) is 22.8. The standard InChI is InChI=1S/C28H22N2O3/c1-18(12-28(31)30-22-8-5-11-29-16-22)23-14-24-25(17-33-27(24)15-26(23)32-2)21-10-9-19-6-3-4-7-20(19)13-21/h3-17H,1-2H3,(H,30,31)/b18-12+. The molecule has 0 atom stereocenters. The summed E-state index contributed by atoms with van der Waals surface area (Å²) >= 11 is 0. The number of nitrogens with one attached hydrogen (secondary N) is 1. The van der Waals surface area contributed by atoms with E-state index in [1.54, 1.807) is 44.0 Å². The first-order chi connectivity index (χ1) is 16.1. The number of aromatic nitrogens is 1. The maximum absolute atomic E-state index is 12.5. The molecule has 2 aromatic heterocycles. The van der Waals surface area contributed by atoms with E-state index in [1.807, 2.05) is 31.2 Å². The molecule has 0 aliphatic carbocycles. The lowest BCUT2D eigenvalue weighted by Crippen LogP contribution is -2.08. The number of carbonyl (C=O) groups excluding carboxylic acids is 1. The van der Waals surface area contributed by atoms with Crippen LogP contribution in [-0.2, 0) is 4.79 Å². The summed E-state index contributed by atoms with van der Waals surface area (Å²) in [5.41, 5.74) is 5.04. The number of hydrogen-bond donors (Lipinski definition) is 1. The molecule has 0 unspecified atom stereocenters. The molecule has 0 saturated carbocycles. The molecule has 1 amide bonds. The predicted octanol–water partition coefficient (Wildman–Crippen LogP) is 6.70. The van der Waals surface area contributed by atoms with Crippen LogP contribution in [0.2, 0.25) is 0 Å². The van der Waals surface area contributed by atoms with Gasteiger partial charge in [0.05, 0.1) is 25.3 Å².